The highest BCUT2D eigenvalue weighted by molar-refractivity contribution is 9.10. The van der Waals surface area contributed by atoms with Crippen molar-refractivity contribution in [2.24, 2.45) is 14.1 Å². The molecule has 2 aromatic carbocycles. The number of nitrogens with zero attached hydrogens (tertiary/aromatic N) is 6. The Kier molecular flexibility index (Phi) is 10.6. The Morgan fingerprint density at radius 1 is 0.868 bits per heavy atom. The van der Waals surface area contributed by atoms with Crippen LogP contribution in [0.5, 0.6) is 11.5 Å². The maximum absolute atomic E-state index is 13.7. The van der Waals surface area contributed by atoms with Crippen molar-refractivity contribution in [3.63, 3.8) is 0 Å². The van der Waals surface area contributed by atoms with E-state index in [9.17, 15) is 8.78 Å². The van der Waals surface area contributed by atoms with Gasteiger partial charge in [0.15, 0.2) is 11.5 Å². The first-order chi connectivity index (χ1) is 17.8. The van der Waals surface area contributed by atoms with Crippen LogP contribution in [0.3, 0.4) is 0 Å². The molecule has 0 spiro atoms. The highest BCUT2D eigenvalue weighted by Gasteiger charge is 2.19. The quantitative estimate of drug-likeness (QED) is 0.200. The fourth-order valence-electron chi connectivity index (χ4n) is 3.13. The maximum atomic E-state index is 13.7. The first kappa shape index (κ1) is 30.5. The van der Waals surface area contributed by atoms with Crippen molar-refractivity contribution in [3.8, 4) is 22.8 Å². The monoisotopic (exact) mass is 596 g/mol. The summed E-state index contributed by atoms with van der Waals surface area (Å²) in [6, 6.07) is 2.49. The summed E-state index contributed by atoms with van der Waals surface area (Å²) in [5.41, 5.74) is 14.0. The molecule has 0 unspecified atom stereocenters. The lowest BCUT2D eigenvalue weighted by Crippen LogP contribution is -2.31. The van der Waals surface area contributed by atoms with Crippen molar-refractivity contribution in [1.29, 1.82) is 0 Å². The number of hydrogen-bond donors (Lipinski definition) is 4. The van der Waals surface area contributed by atoms with Crippen LogP contribution >= 0.6 is 15.9 Å². The molecule has 0 aliphatic carbocycles. The molecule has 2 aromatic heterocycles. The van der Waals surface area contributed by atoms with Crippen molar-refractivity contribution >= 4 is 40.0 Å². The summed E-state index contributed by atoms with van der Waals surface area (Å²) in [4.78, 5) is 2.66. The van der Waals surface area contributed by atoms with E-state index in [4.69, 9.17) is 31.0 Å². The van der Waals surface area contributed by atoms with E-state index in [1.54, 1.807) is 34.1 Å². The Labute approximate surface area is 226 Å². The first-order valence-electron chi connectivity index (χ1n) is 10.8. The molecular weight excluding hydrogens is 569 g/mol. The van der Waals surface area contributed by atoms with Gasteiger partial charge in [-0.05, 0) is 35.3 Å². The van der Waals surface area contributed by atoms with Gasteiger partial charge in [-0.2, -0.15) is 30.0 Å². The number of nitrogens with two attached hydrogens (primary N) is 2. The molecule has 0 radical (unpaired) electrons. The number of ether oxygens (including phenoxy) is 2. The van der Waals surface area contributed by atoms with Gasteiger partial charge >= 0.3 is 7.12 Å². The summed E-state index contributed by atoms with van der Waals surface area (Å²) in [5.74, 6) is 0.183. The molecule has 0 aliphatic heterocycles. The Bertz CT molecular complexity index is 1400. The van der Waals surface area contributed by atoms with E-state index in [0.717, 1.165) is 0 Å². The molecule has 6 N–H and O–H groups in total. The summed E-state index contributed by atoms with van der Waals surface area (Å²) < 4.78 is 37.4. The predicted molar refractivity (Wildman–Crippen MR) is 143 cm³/mol. The van der Waals surface area contributed by atoms with Crippen LogP contribution in [-0.4, -0.2) is 61.4 Å². The van der Waals surface area contributed by atoms with Gasteiger partial charge in [0.2, 0.25) is 0 Å². The molecule has 38 heavy (non-hydrogen) atoms. The number of benzene rings is 2. The van der Waals surface area contributed by atoms with E-state index >= 15 is 0 Å². The number of aryl methyl sites for hydroxylation is 2. The number of halogens is 3. The largest absolute Gasteiger partial charge is 0.511 e. The summed E-state index contributed by atoms with van der Waals surface area (Å²) in [6.07, 6.45) is 2.84. The van der Waals surface area contributed by atoms with E-state index in [0.29, 0.717) is 44.0 Å². The van der Waals surface area contributed by atoms with Crippen molar-refractivity contribution in [2.75, 3.05) is 25.7 Å². The van der Waals surface area contributed by atoms with Crippen LogP contribution in [0.4, 0.5) is 20.2 Å². The Balaban J connectivity index is 0.000000212. The third-order valence-electron chi connectivity index (χ3n) is 5.08. The van der Waals surface area contributed by atoms with E-state index in [-0.39, 0.29) is 22.9 Å². The minimum absolute atomic E-state index is 0.164. The van der Waals surface area contributed by atoms with Crippen LogP contribution < -0.4 is 26.5 Å². The summed E-state index contributed by atoms with van der Waals surface area (Å²) in [6.45, 7) is 3.31. The second-order valence-corrected chi connectivity index (χ2v) is 8.55. The second-order valence-electron chi connectivity index (χ2n) is 7.75. The van der Waals surface area contributed by atoms with Gasteiger partial charge in [0.1, 0.15) is 22.9 Å². The Morgan fingerprint density at radius 3 is 1.79 bits per heavy atom. The van der Waals surface area contributed by atoms with Gasteiger partial charge < -0.3 is 31.0 Å². The molecule has 0 bridgehead atoms. The zero-order valence-electron chi connectivity index (χ0n) is 21.6. The fraction of sp³-hybridized carbons (Fsp3) is 0.273. The average Bonchev–Trinajstić information content (AvgIpc) is 3.49. The lowest BCUT2D eigenvalue weighted by atomic mass is 9.87. The molecule has 0 atom stereocenters. The van der Waals surface area contributed by atoms with Gasteiger partial charge in [-0.1, -0.05) is 0 Å². The maximum Gasteiger partial charge on any atom is 0.511 e. The van der Waals surface area contributed by atoms with Crippen LogP contribution in [0, 0.1) is 25.5 Å². The van der Waals surface area contributed by atoms with Gasteiger partial charge in [-0.3, -0.25) is 0 Å². The highest BCUT2D eigenvalue weighted by atomic mass is 79.9. The molecule has 0 amide bonds. The van der Waals surface area contributed by atoms with E-state index < -0.39 is 7.12 Å². The molecular formula is C22H28BBrF2N8O4. The third-order valence-corrected chi connectivity index (χ3v) is 6.04. The molecule has 0 saturated carbocycles. The molecule has 4 rings (SSSR count). The predicted octanol–water partition coefficient (Wildman–Crippen LogP) is 1.50. The SMILES string of the molecule is COc1c(N)cc(F)c(C)c1-c1cnn(C)n1.COc1c(N)cc(F)c(C)c1Br.Cn1ncc(B(O)O)n1. The third kappa shape index (κ3) is 7.17. The van der Waals surface area contributed by atoms with Crippen LogP contribution in [0.1, 0.15) is 11.1 Å². The van der Waals surface area contributed by atoms with E-state index in [2.05, 4.69) is 36.3 Å². The van der Waals surface area contributed by atoms with Crippen molar-refractivity contribution in [3.05, 3.63) is 51.8 Å². The normalized spacial score (nSPS) is 10.2. The van der Waals surface area contributed by atoms with Crippen LogP contribution in [0.2, 0.25) is 0 Å². The molecule has 2 heterocycles. The summed E-state index contributed by atoms with van der Waals surface area (Å²) >= 11 is 3.20. The zero-order chi connectivity index (χ0) is 28.7. The molecule has 4 aromatic rings. The van der Waals surface area contributed by atoms with Gasteiger partial charge in [-0.25, -0.2) is 8.78 Å². The first-order valence-corrected chi connectivity index (χ1v) is 11.6. The standard InChI is InChI=1S/C11H13FN4O.C8H9BrFNO.C3H6BN3O2/c1-6-7(12)4-8(13)11(17-3)10(6)9-5-14-16(2)15-9;1-4-5(10)3-6(11)8(12-2)7(4)9;1-7-5-2-3(6-7)4(8)9/h4-5H,13H2,1-3H3;3H,11H2,1-2H3;2,8-9H,1H3. The zero-order valence-corrected chi connectivity index (χ0v) is 23.2. The summed E-state index contributed by atoms with van der Waals surface area (Å²) in [7, 11) is 4.76. The van der Waals surface area contributed by atoms with Crippen LogP contribution in [0.25, 0.3) is 11.3 Å². The molecule has 0 aliphatic rings. The van der Waals surface area contributed by atoms with Crippen LogP contribution in [0.15, 0.2) is 29.0 Å². The van der Waals surface area contributed by atoms with Gasteiger partial charge in [0.05, 0.1) is 48.0 Å². The number of aromatic nitrogens is 6. The molecule has 204 valence electrons. The average molecular weight is 597 g/mol. The van der Waals surface area contributed by atoms with Crippen molar-refractivity contribution in [2.45, 2.75) is 13.8 Å². The van der Waals surface area contributed by atoms with Gasteiger partial charge in [0.25, 0.3) is 0 Å². The minimum atomic E-state index is -1.52. The van der Waals surface area contributed by atoms with Crippen molar-refractivity contribution < 1.29 is 28.3 Å². The molecule has 12 nitrogen and oxygen atoms in total. The lowest BCUT2D eigenvalue weighted by Gasteiger charge is -2.12. The number of methoxy groups -OCH3 is 2. The van der Waals surface area contributed by atoms with Gasteiger partial charge in [-0.15, -0.1) is 0 Å². The fourth-order valence-corrected chi connectivity index (χ4v) is 3.71. The number of nitrogen functional groups attached to an aromatic ring is 2. The van der Waals surface area contributed by atoms with E-state index in [1.807, 2.05) is 0 Å². The Hall–Kier alpha value is -3.76. The summed E-state index contributed by atoms with van der Waals surface area (Å²) in [5, 5.41) is 32.3. The number of rotatable bonds is 4. The molecule has 16 heteroatoms. The van der Waals surface area contributed by atoms with Crippen molar-refractivity contribution in [1.82, 2.24) is 30.0 Å². The smallest absolute Gasteiger partial charge is 0.494 e. The second kappa shape index (κ2) is 13.2. The van der Waals surface area contributed by atoms with Gasteiger partial charge in [0, 0.05) is 31.8 Å². The topological polar surface area (TPSA) is 172 Å². The molecule has 0 fully saturated rings. The number of hydrogen-bond acceptors (Lipinski definition) is 10. The van der Waals surface area contributed by atoms with Crippen LogP contribution in [-0.2, 0) is 14.1 Å². The minimum Gasteiger partial charge on any atom is -0.494 e. The lowest BCUT2D eigenvalue weighted by molar-refractivity contribution is 0.412. The van der Waals surface area contributed by atoms with E-state index in [1.165, 1.54) is 42.1 Å². The highest BCUT2D eigenvalue weighted by Crippen LogP contribution is 2.38. The molecule has 0 saturated heterocycles. The Morgan fingerprint density at radius 2 is 1.37 bits per heavy atom. The number of anilines is 2.